The summed E-state index contributed by atoms with van der Waals surface area (Å²) in [5, 5.41) is 3.29. The molecule has 2 rings (SSSR count). The van der Waals surface area contributed by atoms with Crippen LogP contribution in [0.25, 0.3) is 0 Å². The molecule has 19 heavy (non-hydrogen) atoms. The first-order valence-corrected chi connectivity index (χ1v) is 6.52. The number of aryl methyl sites for hydroxylation is 2. The molecule has 100 valence electrons. The molecule has 0 aliphatic heterocycles. The lowest BCUT2D eigenvalue weighted by Crippen LogP contribution is -2.29. The maximum Gasteiger partial charge on any atom is 0.253 e. The largest absolute Gasteiger partial charge is 0.313 e. The van der Waals surface area contributed by atoms with Crippen molar-refractivity contribution in [2.24, 2.45) is 0 Å². The molecule has 0 spiro atoms. The number of aromatic nitrogens is 1. The van der Waals surface area contributed by atoms with Crippen LogP contribution < -0.4 is 10.9 Å². The van der Waals surface area contributed by atoms with Crippen molar-refractivity contribution in [3.05, 3.63) is 69.6 Å². The Morgan fingerprint density at radius 2 is 1.79 bits per heavy atom. The van der Waals surface area contributed by atoms with E-state index in [0.717, 1.165) is 5.56 Å². The van der Waals surface area contributed by atoms with Gasteiger partial charge in [-0.3, -0.25) is 4.79 Å². The van der Waals surface area contributed by atoms with Gasteiger partial charge in [0.15, 0.2) is 0 Å². The number of pyridine rings is 1. The fourth-order valence-electron chi connectivity index (χ4n) is 2.32. The van der Waals surface area contributed by atoms with Crippen LogP contribution in [0.1, 0.15) is 22.7 Å². The highest BCUT2D eigenvalue weighted by molar-refractivity contribution is 5.28. The van der Waals surface area contributed by atoms with Crippen LogP contribution in [0, 0.1) is 13.8 Å². The Balaban J connectivity index is 2.32. The van der Waals surface area contributed by atoms with Crippen LogP contribution in [0.3, 0.4) is 0 Å². The van der Waals surface area contributed by atoms with Crippen molar-refractivity contribution < 1.29 is 0 Å². The van der Waals surface area contributed by atoms with E-state index in [1.165, 1.54) is 11.1 Å². The number of nitrogens with one attached hydrogen (secondary N) is 1. The SMILES string of the molecule is CNC(Cn1cccc(C)c1=O)c1ccccc1C. The van der Waals surface area contributed by atoms with Gasteiger partial charge in [0.25, 0.3) is 5.56 Å². The van der Waals surface area contributed by atoms with Crippen LogP contribution in [0.2, 0.25) is 0 Å². The second-order valence-corrected chi connectivity index (χ2v) is 4.85. The molecule has 0 bridgehead atoms. The topological polar surface area (TPSA) is 34.0 Å². The Bertz CT molecular complexity index is 616. The standard InChI is InChI=1S/C16H20N2O/c1-12-7-4-5-9-14(12)15(17-3)11-18-10-6-8-13(2)16(18)19/h4-10,15,17H,11H2,1-3H3. The lowest BCUT2D eigenvalue weighted by Gasteiger charge is -2.20. The normalized spacial score (nSPS) is 12.4. The Morgan fingerprint density at radius 3 is 2.47 bits per heavy atom. The van der Waals surface area contributed by atoms with E-state index in [4.69, 9.17) is 0 Å². The van der Waals surface area contributed by atoms with Crippen molar-refractivity contribution in [2.75, 3.05) is 7.05 Å². The van der Waals surface area contributed by atoms with Crippen LogP contribution in [0.4, 0.5) is 0 Å². The maximum absolute atomic E-state index is 12.1. The molecule has 1 N–H and O–H groups in total. The van der Waals surface area contributed by atoms with Gasteiger partial charge < -0.3 is 9.88 Å². The molecule has 0 amide bonds. The molecule has 1 heterocycles. The highest BCUT2D eigenvalue weighted by Crippen LogP contribution is 2.18. The van der Waals surface area contributed by atoms with E-state index in [2.05, 4.69) is 24.4 Å². The van der Waals surface area contributed by atoms with E-state index >= 15 is 0 Å². The number of nitrogens with zero attached hydrogens (tertiary/aromatic N) is 1. The van der Waals surface area contributed by atoms with Crippen LogP contribution in [-0.4, -0.2) is 11.6 Å². The molecule has 1 unspecified atom stereocenters. The third-order valence-electron chi connectivity index (χ3n) is 3.50. The van der Waals surface area contributed by atoms with E-state index in [1.54, 1.807) is 4.57 Å². The first kappa shape index (κ1) is 13.6. The first-order valence-electron chi connectivity index (χ1n) is 6.52. The molecule has 0 fully saturated rings. The number of benzene rings is 1. The van der Waals surface area contributed by atoms with Gasteiger partial charge in [-0.15, -0.1) is 0 Å². The third kappa shape index (κ3) is 2.93. The van der Waals surface area contributed by atoms with Crippen molar-refractivity contribution in [2.45, 2.75) is 26.4 Å². The molecule has 1 aromatic carbocycles. The molecule has 0 aliphatic carbocycles. The van der Waals surface area contributed by atoms with E-state index < -0.39 is 0 Å². The van der Waals surface area contributed by atoms with E-state index in [0.29, 0.717) is 6.54 Å². The van der Waals surface area contributed by atoms with E-state index in [1.807, 2.05) is 44.4 Å². The highest BCUT2D eigenvalue weighted by Gasteiger charge is 2.12. The van der Waals surface area contributed by atoms with Crippen LogP contribution in [0.15, 0.2) is 47.4 Å². The minimum absolute atomic E-state index is 0.0799. The first-order chi connectivity index (χ1) is 9.13. The molecule has 1 atom stereocenters. The van der Waals surface area contributed by atoms with Gasteiger partial charge in [0.1, 0.15) is 0 Å². The Labute approximate surface area is 113 Å². The molecular weight excluding hydrogens is 236 g/mol. The molecular formula is C16H20N2O. The Kier molecular flexibility index (Phi) is 4.17. The van der Waals surface area contributed by atoms with E-state index in [-0.39, 0.29) is 11.6 Å². The van der Waals surface area contributed by atoms with E-state index in [9.17, 15) is 4.79 Å². The fourth-order valence-corrected chi connectivity index (χ4v) is 2.32. The van der Waals surface area contributed by atoms with Gasteiger partial charge >= 0.3 is 0 Å². The summed E-state index contributed by atoms with van der Waals surface area (Å²) in [7, 11) is 1.93. The van der Waals surface area contributed by atoms with Gasteiger partial charge in [-0.1, -0.05) is 30.3 Å². The summed E-state index contributed by atoms with van der Waals surface area (Å²) in [5.74, 6) is 0. The zero-order valence-corrected chi connectivity index (χ0v) is 11.7. The summed E-state index contributed by atoms with van der Waals surface area (Å²) in [6, 6.07) is 12.2. The maximum atomic E-state index is 12.1. The minimum Gasteiger partial charge on any atom is -0.313 e. The summed E-state index contributed by atoms with van der Waals surface area (Å²) >= 11 is 0. The predicted molar refractivity (Wildman–Crippen MR) is 78.4 cm³/mol. The van der Waals surface area contributed by atoms with Crippen LogP contribution in [-0.2, 0) is 6.54 Å². The second kappa shape index (κ2) is 5.85. The minimum atomic E-state index is 0.0799. The van der Waals surface area contributed by atoms with Gasteiger partial charge in [-0.25, -0.2) is 0 Å². The fraction of sp³-hybridized carbons (Fsp3) is 0.312. The Morgan fingerprint density at radius 1 is 1.11 bits per heavy atom. The number of hydrogen-bond donors (Lipinski definition) is 1. The number of hydrogen-bond acceptors (Lipinski definition) is 2. The van der Waals surface area contributed by atoms with Crippen molar-refractivity contribution in [3.8, 4) is 0 Å². The summed E-state index contributed by atoms with van der Waals surface area (Å²) in [5.41, 5.74) is 3.33. The zero-order chi connectivity index (χ0) is 13.8. The summed E-state index contributed by atoms with van der Waals surface area (Å²) in [6.07, 6.45) is 1.85. The number of rotatable bonds is 4. The molecule has 0 saturated carbocycles. The number of likely N-dealkylation sites (N-methyl/N-ethyl adjacent to an activating group) is 1. The quantitative estimate of drug-likeness (QED) is 0.911. The van der Waals surface area contributed by atoms with Crippen molar-refractivity contribution >= 4 is 0 Å². The molecule has 0 radical (unpaired) electrons. The second-order valence-electron chi connectivity index (χ2n) is 4.85. The van der Waals surface area contributed by atoms with Gasteiger partial charge in [-0.2, -0.15) is 0 Å². The van der Waals surface area contributed by atoms with Crippen LogP contribution >= 0.6 is 0 Å². The lowest BCUT2D eigenvalue weighted by molar-refractivity contribution is 0.488. The van der Waals surface area contributed by atoms with Crippen molar-refractivity contribution in [1.82, 2.24) is 9.88 Å². The molecule has 3 nitrogen and oxygen atoms in total. The Hall–Kier alpha value is -1.87. The monoisotopic (exact) mass is 256 g/mol. The summed E-state index contributed by atoms with van der Waals surface area (Å²) < 4.78 is 1.77. The average Bonchev–Trinajstić information content (AvgIpc) is 2.41. The molecule has 1 aromatic heterocycles. The average molecular weight is 256 g/mol. The van der Waals surface area contributed by atoms with Crippen LogP contribution in [0.5, 0.6) is 0 Å². The zero-order valence-electron chi connectivity index (χ0n) is 11.7. The molecule has 0 aliphatic rings. The van der Waals surface area contributed by atoms with Crippen molar-refractivity contribution in [3.63, 3.8) is 0 Å². The van der Waals surface area contributed by atoms with Gasteiger partial charge in [-0.05, 0) is 38.1 Å². The third-order valence-corrected chi connectivity index (χ3v) is 3.50. The molecule has 0 saturated heterocycles. The summed E-state index contributed by atoms with van der Waals surface area (Å²) in [6.45, 7) is 4.58. The van der Waals surface area contributed by atoms with Gasteiger partial charge in [0, 0.05) is 18.3 Å². The van der Waals surface area contributed by atoms with Gasteiger partial charge in [0.2, 0.25) is 0 Å². The molecule has 2 aromatic rings. The lowest BCUT2D eigenvalue weighted by atomic mass is 10.0. The van der Waals surface area contributed by atoms with Gasteiger partial charge in [0.05, 0.1) is 6.04 Å². The smallest absolute Gasteiger partial charge is 0.253 e. The van der Waals surface area contributed by atoms with Crippen molar-refractivity contribution in [1.29, 1.82) is 0 Å². The highest BCUT2D eigenvalue weighted by atomic mass is 16.1. The molecule has 3 heteroatoms. The summed E-state index contributed by atoms with van der Waals surface area (Å²) in [4.78, 5) is 12.1. The predicted octanol–water partition coefficient (Wildman–Crippen LogP) is 2.43.